The summed E-state index contributed by atoms with van der Waals surface area (Å²) in [6.45, 7) is 7.73. The fourth-order valence-electron chi connectivity index (χ4n) is 2.35. The van der Waals surface area contributed by atoms with Gasteiger partial charge in [-0.05, 0) is 30.8 Å². The van der Waals surface area contributed by atoms with E-state index >= 15 is 0 Å². The molecule has 1 aromatic rings. The van der Waals surface area contributed by atoms with Crippen molar-refractivity contribution in [2.45, 2.75) is 19.9 Å². The molecule has 0 bridgehead atoms. The molecule has 116 valence electrons. The molecule has 0 amide bonds. The number of fused-ring (bicyclic) bond motifs is 1. The number of carbonyl (C=O) groups is 1. The Balaban J connectivity index is 2.00. The summed E-state index contributed by atoms with van der Waals surface area (Å²) in [5.74, 6) is 0.365. The summed E-state index contributed by atoms with van der Waals surface area (Å²) >= 11 is 0. The van der Waals surface area contributed by atoms with Crippen LogP contribution in [0.15, 0.2) is 18.2 Å². The molecule has 0 fully saturated rings. The highest BCUT2D eigenvalue weighted by Crippen LogP contribution is 2.34. The lowest BCUT2D eigenvalue weighted by Gasteiger charge is -2.20. The van der Waals surface area contributed by atoms with Gasteiger partial charge in [0.15, 0.2) is 11.5 Å². The molecule has 6 heteroatoms. The molecule has 1 unspecified atom stereocenters. The molecule has 1 atom stereocenters. The number of benzene rings is 1. The third-order valence-electron chi connectivity index (χ3n) is 3.65. The second-order valence-electron chi connectivity index (χ2n) is 4.86. The van der Waals surface area contributed by atoms with Gasteiger partial charge in [0, 0.05) is 13.1 Å². The SMILES string of the molecule is CCN(CC)CCNC(C(=O)O)c1ccc2c(c1)OCO2. The molecule has 0 saturated heterocycles. The topological polar surface area (TPSA) is 71.0 Å². The normalized spacial score (nSPS) is 14.4. The maximum absolute atomic E-state index is 11.5. The molecule has 1 aliphatic heterocycles. The highest BCUT2D eigenvalue weighted by Gasteiger charge is 2.22. The highest BCUT2D eigenvalue weighted by atomic mass is 16.7. The molecule has 0 radical (unpaired) electrons. The number of hydrogen-bond donors (Lipinski definition) is 2. The zero-order valence-electron chi connectivity index (χ0n) is 12.5. The van der Waals surface area contributed by atoms with Crippen molar-refractivity contribution in [3.05, 3.63) is 23.8 Å². The van der Waals surface area contributed by atoms with Crippen molar-refractivity contribution in [2.24, 2.45) is 0 Å². The minimum atomic E-state index is -0.895. The molecule has 21 heavy (non-hydrogen) atoms. The van der Waals surface area contributed by atoms with Crippen LogP contribution < -0.4 is 14.8 Å². The van der Waals surface area contributed by atoms with E-state index in [9.17, 15) is 9.90 Å². The molecule has 0 saturated carbocycles. The van der Waals surface area contributed by atoms with Crippen molar-refractivity contribution in [2.75, 3.05) is 33.0 Å². The Hall–Kier alpha value is -1.79. The minimum Gasteiger partial charge on any atom is -0.480 e. The number of aliphatic carboxylic acids is 1. The Morgan fingerprint density at radius 3 is 2.71 bits per heavy atom. The lowest BCUT2D eigenvalue weighted by molar-refractivity contribution is -0.139. The number of carboxylic acid groups (broad SMARTS) is 1. The Kier molecular flexibility index (Phi) is 5.41. The van der Waals surface area contributed by atoms with E-state index in [1.165, 1.54) is 0 Å². The van der Waals surface area contributed by atoms with Gasteiger partial charge >= 0.3 is 5.97 Å². The van der Waals surface area contributed by atoms with E-state index in [4.69, 9.17) is 9.47 Å². The number of nitrogens with zero attached hydrogens (tertiary/aromatic N) is 1. The van der Waals surface area contributed by atoms with Crippen LogP contribution in [0.25, 0.3) is 0 Å². The molecule has 1 aromatic carbocycles. The fraction of sp³-hybridized carbons (Fsp3) is 0.533. The molecule has 0 spiro atoms. The number of nitrogens with one attached hydrogen (secondary N) is 1. The van der Waals surface area contributed by atoms with Gasteiger partial charge in [0.05, 0.1) is 0 Å². The van der Waals surface area contributed by atoms with Gasteiger partial charge in [-0.1, -0.05) is 19.9 Å². The quantitative estimate of drug-likeness (QED) is 0.756. The van der Waals surface area contributed by atoms with Crippen LogP contribution in [0.1, 0.15) is 25.5 Å². The van der Waals surface area contributed by atoms with Gasteiger partial charge in [0.2, 0.25) is 6.79 Å². The van der Waals surface area contributed by atoms with E-state index in [1.807, 2.05) is 0 Å². The van der Waals surface area contributed by atoms with Crippen LogP contribution in [0.5, 0.6) is 11.5 Å². The lowest BCUT2D eigenvalue weighted by Crippen LogP contribution is -2.36. The van der Waals surface area contributed by atoms with Crippen molar-refractivity contribution in [1.29, 1.82) is 0 Å². The third kappa shape index (κ3) is 3.86. The van der Waals surface area contributed by atoms with Gasteiger partial charge in [0.25, 0.3) is 0 Å². The van der Waals surface area contributed by atoms with Crippen molar-refractivity contribution < 1.29 is 19.4 Å². The number of rotatable bonds is 8. The molecule has 2 rings (SSSR count). The Morgan fingerprint density at radius 2 is 2.05 bits per heavy atom. The molecule has 2 N–H and O–H groups in total. The first kappa shape index (κ1) is 15.6. The van der Waals surface area contributed by atoms with Crippen molar-refractivity contribution >= 4 is 5.97 Å². The second kappa shape index (κ2) is 7.28. The minimum absolute atomic E-state index is 0.186. The molecule has 1 aliphatic rings. The predicted octanol–water partition coefficient (Wildman–Crippen LogP) is 1.47. The van der Waals surface area contributed by atoms with Crippen LogP contribution >= 0.6 is 0 Å². The van der Waals surface area contributed by atoms with Gasteiger partial charge in [0.1, 0.15) is 6.04 Å². The summed E-state index contributed by atoms with van der Waals surface area (Å²) < 4.78 is 10.5. The number of carboxylic acids is 1. The molecule has 0 aromatic heterocycles. The highest BCUT2D eigenvalue weighted by molar-refractivity contribution is 5.76. The van der Waals surface area contributed by atoms with Crippen LogP contribution in [0.4, 0.5) is 0 Å². The van der Waals surface area contributed by atoms with Crippen LogP contribution in [0.2, 0.25) is 0 Å². The predicted molar refractivity (Wildman–Crippen MR) is 78.7 cm³/mol. The van der Waals surface area contributed by atoms with Crippen LogP contribution in [-0.4, -0.2) is 48.9 Å². The summed E-state index contributed by atoms with van der Waals surface area (Å²) in [6, 6.07) is 4.50. The Morgan fingerprint density at radius 1 is 1.33 bits per heavy atom. The fourth-order valence-corrected chi connectivity index (χ4v) is 2.35. The molecule has 6 nitrogen and oxygen atoms in total. The summed E-state index contributed by atoms with van der Waals surface area (Å²) in [7, 11) is 0. The van der Waals surface area contributed by atoms with Gasteiger partial charge in [-0.3, -0.25) is 10.1 Å². The van der Waals surface area contributed by atoms with E-state index in [1.54, 1.807) is 18.2 Å². The van der Waals surface area contributed by atoms with Crippen LogP contribution in [-0.2, 0) is 4.79 Å². The first-order valence-corrected chi connectivity index (χ1v) is 7.23. The van der Waals surface area contributed by atoms with Gasteiger partial charge in [-0.15, -0.1) is 0 Å². The molecular formula is C15H22N2O4. The van der Waals surface area contributed by atoms with Crippen LogP contribution in [0.3, 0.4) is 0 Å². The summed E-state index contributed by atoms with van der Waals surface area (Å²) in [4.78, 5) is 13.7. The standard InChI is InChI=1S/C15H22N2O4/c1-3-17(4-2)8-7-16-14(15(18)19)11-5-6-12-13(9-11)21-10-20-12/h5-6,9,14,16H,3-4,7-8,10H2,1-2H3,(H,18,19). The summed E-state index contributed by atoms with van der Waals surface area (Å²) in [6.07, 6.45) is 0. The first-order chi connectivity index (χ1) is 10.2. The zero-order chi connectivity index (χ0) is 15.2. The largest absolute Gasteiger partial charge is 0.480 e. The van der Waals surface area contributed by atoms with E-state index in [0.717, 1.165) is 19.6 Å². The van der Waals surface area contributed by atoms with Gasteiger partial charge < -0.3 is 19.5 Å². The smallest absolute Gasteiger partial charge is 0.325 e. The summed E-state index contributed by atoms with van der Waals surface area (Å²) in [5.41, 5.74) is 0.672. The average molecular weight is 294 g/mol. The zero-order valence-corrected chi connectivity index (χ0v) is 12.5. The molecule has 1 heterocycles. The number of ether oxygens (including phenoxy) is 2. The molecule has 0 aliphatic carbocycles. The molecular weight excluding hydrogens is 272 g/mol. The monoisotopic (exact) mass is 294 g/mol. The Bertz CT molecular complexity index is 489. The average Bonchev–Trinajstić information content (AvgIpc) is 2.94. The maximum atomic E-state index is 11.5. The van der Waals surface area contributed by atoms with E-state index in [0.29, 0.717) is 23.6 Å². The van der Waals surface area contributed by atoms with Gasteiger partial charge in [-0.2, -0.15) is 0 Å². The number of likely N-dealkylation sites (N-methyl/N-ethyl adjacent to an activating group) is 1. The maximum Gasteiger partial charge on any atom is 0.325 e. The van der Waals surface area contributed by atoms with Crippen LogP contribution in [0, 0.1) is 0 Å². The van der Waals surface area contributed by atoms with Gasteiger partial charge in [-0.25, -0.2) is 0 Å². The van der Waals surface area contributed by atoms with Crippen molar-refractivity contribution in [1.82, 2.24) is 10.2 Å². The lowest BCUT2D eigenvalue weighted by atomic mass is 10.1. The van der Waals surface area contributed by atoms with E-state index < -0.39 is 12.0 Å². The van der Waals surface area contributed by atoms with E-state index in [-0.39, 0.29) is 6.79 Å². The summed E-state index contributed by atoms with van der Waals surface area (Å²) in [5, 5.41) is 12.5. The third-order valence-corrected chi connectivity index (χ3v) is 3.65. The number of hydrogen-bond acceptors (Lipinski definition) is 5. The van der Waals surface area contributed by atoms with Crippen molar-refractivity contribution in [3.8, 4) is 11.5 Å². The Labute approximate surface area is 124 Å². The van der Waals surface area contributed by atoms with E-state index in [2.05, 4.69) is 24.1 Å². The second-order valence-corrected chi connectivity index (χ2v) is 4.86. The van der Waals surface area contributed by atoms with Crippen molar-refractivity contribution in [3.63, 3.8) is 0 Å². The first-order valence-electron chi connectivity index (χ1n) is 7.23.